The first kappa shape index (κ1) is 13.2. The summed E-state index contributed by atoms with van der Waals surface area (Å²) in [6, 6.07) is 0.652. The molecule has 0 amide bonds. The van der Waals surface area contributed by atoms with Gasteiger partial charge in [0.2, 0.25) is 0 Å². The molecule has 3 rings (SSSR count). The zero-order valence-corrected chi connectivity index (χ0v) is 12.0. The van der Waals surface area contributed by atoms with Crippen molar-refractivity contribution in [1.82, 2.24) is 14.9 Å². The summed E-state index contributed by atoms with van der Waals surface area (Å²) in [4.78, 5) is 2.68. The lowest BCUT2D eigenvalue weighted by atomic mass is 9.67. The molecule has 2 aliphatic heterocycles. The van der Waals surface area contributed by atoms with Gasteiger partial charge in [-0.2, -0.15) is 0 Å². The number of hydrogen-bond acceptors (Lipinski definition) is 5. The highest BCUT2D eigenvalue weighted by atomic mass is 32.2. The highest BCUT2D eigenvalue weighted by Gasteiger charge is 2.45. The van der Waals surface area contributed by atoms with E-state index < -0.39 is 0 Å². The van der Waals surface area contributed by atoms with Crippen LogP contribution in [0.2, 0.25) is 0 Å². The maximum Gasteiger partial charge on any atom is 0.0184 e. The molecule has 0 aromatic heterocycles. The molecule has 3 fully saturated rings. The number of nitrogens with two attached hydrogens (primary N) is 1. The molecule has 1 saturated carbocycles. The number of nitrogens with one attached hydrogen (secondary N) is 2. The van der Waals surface area contributed by atoms with Crippen molar-refractivity contribution >= 4 is 12.1 Å². The summed E-state index contributed by atoms with van der Waals surface area (Å²) in [5, 5.41) is 8.95. The Kier molecular flexibility index (Phi) is 4.15. The van der Waals surface area contributed by atoms with Crippen molar-refractivity contribution in [3.05, 3.63) is 0 Å². The third kappa shape index (κ3) is 2.85. The van der Waals surface area contributed by atoms with Crippen LogP contribution in [0.15, 0.2) is 0 Å². The molecule has 2 heterocycles. The normalized spacial score (nSPS) is 32.8. The van der Waals surface area contributed by atoms with Gasteiger partial charge < -0.3 is 10.2 Å². The molecule has 1 aliphatic carbocycles. The molecule has 0 aromatic rings. The first-order valence-corrected chi connectivity index (χ1v) is 8.22. The lowest BCUT2D eigenvalue weighted by molar-refractivity contribution is -0.0386. The van der Waals surface area contributed by atoms with Crippen molar-refractivity contribution in [3.63, 3.8) is 0 Å². The number of rotatable bonds is 4. The summed E-state index contributed by atoms with van der Waals surface area (Å²) in [5.74, 6) is 0.911. The van der Waals surface area contributed by atoms with E-state index in [0.29, 0.717) is 11.5 Å². The summed E-state index contributed by atoms with van der Waals surface area (Å²) in [6.45, 7) is 6.50. The van der Waals surface area contributed by atoms with Crippen LogP contribution >= 0.6 is 12.1 Å². The third-order valence-corrected chi connectivity index (χ3v) is 5.55. The van der Waals surface area contributed by atoms with Crippen LogP contribution in [0.5, 0.6) is 0 Å². The standard InChI is InChI=1S/C13H26N4S/c14-18-16-12-1-4-13(5-2-12)9-17(10-13)8-11-3-6-15-7-11/h11-12,15-16H,1-10,14H2. The maximum absolute atomic E-state index is 5.48. The van der Waals surface area contributed by atoms with E-state index in [9.17, 15) is 0 Å². The van der Waals surface area contributed by atoms with Crippen LogP contribution in [-0.2, 0) is 0 Å². The van der Waals surface area contributed by atoms with Crippen LogP contribution in [0, 0.1) is 11.3 Å². The quantitative estimate of drug-likeness (QED) is 0.664. The first-order chi connectivity index (χ1) is 8.80. The van der Waals surface area contributed by atoms with Crippen LogP contribution < -0.4 is 15.2 Å². The van der Waals surface area contributed by atoms with Crippen LogP contribution in [0.3, 0.4) is 0 Å². The van der Waals surface area contributed by atoms with Crippen molar-refractivity contribution in [1.29, 1.82) is 0 Å². The third-order valence-electron chi connectivity index (χ3n) is 5.08. The van der Waals surface area contributed by atoms with Gasteiger partial charge in [0.05, 0.1) is 0 Å². The summed E-state index contributed by atoms with van der Waals surface area (Å²) >= 11 is 1.29. The van der Waals surface area contributed by atoms with Crippen LogP contribution in [0.1, 0.15) is 32.1 Å². The monoisotopic (exact) mass is 270 g/mol. The molecule has 3 aliphatic rings. The second kappa shape index (κ2) is 5.67. The Morgan fingerprint density at radius 1 is 1.28 bits per heavy atom. The van der Waals surface area contributed by atoms with Gasteiger partial charge in [0.15, 0.2) is 0 Å². The van der Waals surface area contributed by atoms with E-state index in [4.69, 9.17) is 5.14 Å². The van der Waals surface area contributed by atoms with Crippen molar-refractivity contribution < 1.29 is 0 Å². The molecule has 4 N–H and O–H groups in total. The Hall–Kier alpha value is 0.190. The maximum atomic E-state index is 5.48. The fourth-order valence-electron chi connectivity index (χ4n) is 4.03. The van der Waals surface area contributed by atoms with E-state index in [2.05, 4.69) is 14.9 Å². The molecular formula is C13H26N4S. The van der Waals surface area contributed by atoms with Crippen molar-refractivity contribution in [3.8, 4) is 0 Å². The molecule has 1 unspecified atom stereocenters. The molecule has 2 saturated heterocycles. The predicted octanol–water partition coefficient (Wildman–Crippen LogP) is 0.952. The number of hydrogen-bond donors (Lipinski definition) is 3. The molecule has 104 valence electrons. The fourth-order valence-corrected chi connectivity index (χ4v) is 4.46. The lowest BCUT2D eigenvalue weighted by Crippen LogP contribution is -2.59. The average molecular weight is 270 g/mol. The second-order valence-electron chi connectivity index (χ2n) is 6.54. The second-order valence-corrected chi connectivity index (χ2v) is 7.01. The van der Waals surface area contributed by atoms with E-state index in [1.165, 1.54) is 77.0 Å². The molecular weight excluding hydrogens is 244 g/mol. The largest absolute Gasteiger partial charge is 0.316 e. The summed E-state index contributed by atoms with van der Waals surface area (Å²) in [5.41, 5.74) is 0.670. The molecule has 1 spiro atoms. The van der Waals surface area contributed by atoms with Gasteiger partial charge >= 0.3 is 0 Å². The Morgan fingerprint density at radius 3 is 2.67 bits per heavy atom. The topological polar surface area (TPSA) is 53.3 Å². The smallest absolute Gasteiger partial charge is 0.0184 e. The van der Waals surface area contributed by atoms with Crippen molar-refractivity contribution in [2.45, 2.75) is 38.1 Å². The van der Waals surface area contributed by atoms with Crippen LogP contribution in [-0.4, -0.2) is 43.7 Å². The first-order valence-electron chi connectivity index (χ1n) is 7.34. The van der Waals surface area contributed by atoms with Crippen LogP contribution in [0.25, 0.3) is 0 Å². The molecule has 0 aromatic carbocycles. The van der Waals surface area contributed by atoms with Crippen molar-refractivity contribution in [2.24, 2.45) is 16.5 Å². The summed E-state index contributed by atoms with van der Waals surface area (Å²) in [6.07, 6.45) is 6.78. The van der Waals surface area contributed by atoms with Gasteiger partial charge in [-0.1, -0.05) is 0 Å². The Morgan fingerprint density at radius 2 is 2.06 bits per heavy atom. The molecule has 0 bridgehead atoms. The molecule has 18 heavy (non-hydrogen) atoms. The lowest BCUT2D eigenvalue weighted by Gasteiger charge is -2.54. The van der Waals surface area contributed by atoms with Gasteiger partial charge in [-0.25, -0.2) is 4.72 Å². The molecule has 0 radical (unpaired) electrons. The van der Waals surface area contributed by atoms with Gasteiger partial charge in [-0.3, -0.25) is 5.14 Å². The highest BCUT2D eigenvalue weighted by molar-refractivity contribution is 7.95. The predicted molar refractivity (Wildman–Crippen MR) is 77.0 cm³/mol. The SMILES string of the molecule is NSNC1CCC2(CC1)CN(CC1CCNC1)C2. The highest BCUT2D eigenvalue weighted by Crippen LogP contribution is 2.44. The molecule has 4 nitrogen and oxygen atoms in total. The zero-order valence-electron chi connectivity index (χ0n) is 11.2. The van der Waals surface area contributed by atoms with E-state index in [-0.39, 0.29) is 0 Å². The van der Waals surface area contributed by atoms with Gasteiger partial charge in [0.1, 0.15) is 0 Å². The summed E-state index contributed by atoms with van der Waals surface area (Å²) < 4.78 is 3.31. The van der Waals surface area contributed by atoms with Gasteiger partial charge in [-0.15, -0.1) is 0 Å². The molecule has 5 heteroatoms. The van der Waals surface area contributed by atoms with Gasteiger partial charge in [-0.05, 0) is 56.5 Å². The zero-order chi connectivity index (χ0) is 12.4. The van der Waals surface area contributed by atoms with Crippen LogP contribution in [0.4, 0.5) is 0 Å². The van der Waals surface area contributed by atoms with E-state index >= 15 is 0 Å². The minimum absolute atomic E-state index is 0.652. The van der Waals surface area contributed by atoms with E-state index in [1.54, 1.807) is 0 Å². The van der Waals surface area contributed by atoms with Gasteiger partial charge in [0.25, 0.3) is 0 Å². The molecule has 1 atom stereocenters. The van der Waals surface area contributed by atoms with E-state index in [1.807, 2.05) is 0 Å². The minimum atomic E-state index is 0.652. The number of nitrogens with zero attached hydrogens (tertiary/aromatic N) is 1. The summed E-state index contributed by atoms with van der Waals surface area (Å²) in [7, 11) is 0. The minimum Gasteiger partial charge on any atom is -0.316 e. The number of likely N-dealkylation sites (tertiary alicyclic amines) is 1. The van der Waals surface area contributed by atoms with E-state index in [0.717, 1.165) is 5.92 Å². The van der Waals surface area contributed by atoms with Gasteiger partial charge in [0, 0.05) is 37.8 Å². The average Bonchev–Trinajstić information content (AvgIpc) is 2.83. The van der Waals surface area contributed by atoms with Crippen molar-refractivity contribution in [2.75, 3.05) is 32.7 Å². The Balaban J connectivity index is 1.39. The Labute approximate surface area is 115 Å². The fraction of sp³-hybridized carbons (Fsp3) is 1.00. The Bertz CT molecular complexity index is 264.